The summed E-state index contributed by atoms with van der Waals surface area (Å²) in [5.41, 5.74) is -2.05. The predicted octanol–water partition coefficient (Wildman–Crippen LogP) is 1.87. The number of nitrogens with zero attached hydrogens (tertiary/aromatic N) is 1. The Labute approximate surface area is 81.4 Å². The number of carboxylic acid groups (broad SMARTS) is 1. The summed E-state index contributed by atoms with van der Waals surface area (Å²) in [6.07, 6.45) is -5.15. The van der Waals surface area contributed by atoms with Crippen LogP contribution in [-0.2, 0) is 17.4 Å². The highest BCUT2D eigenvalue weighted by atomic mass is 19.4. The zero-order chi connectivity index (χ0) is 11.6. The molecule has 0 aliphatic rings. The van der Waals surface area contributed by atoms with E-state index in [1.54, 1.807) is 0 Å². The topological polar surface area (TPSA) is 50.2 Å². The molecule has 1 rings (SSSR count). The van der Waals surface area contributed by atoms with Crippen molar-refractivity contribution in [1.82, 2.24) is 4.98 Å². The van der Waals surface area contributed by atoms with Crippen LogP contribution >= 0.6 is 0 Å². The quantitative estimate of drug-likeness (QED) is 0.778. The van der Waals surface area contributed by atoms with Crippen LogP contribution < -0.4 is 0 Å². The zero-order valence-corrected chi connectivity index (χ0v) is 7.18. The fraction of sp³-hybridized carbons (Fsp3) is 0.250. The van der Waals surface area contributed by atoms with E-state index in [2.05, 4.69) is 4.98 Å². The molecule has 0 saturated carbocycles. The number of pyridine rings is 1. The Morgan fingerprint density at radius 3 is 2.53 bits per heavy atom. The largest absolute Gasteiger partial charge is 0.481 e. The summed E-state index contributed by atoms with van der Waals surface area (Å²) < 4.78 is 49.3. The van der Waals surface area contributed by atoms with Gasteiger partial charge in [0, 0.05) is 0 Å². The average Bonchev–Trinajstić information content (AvgIpc) is 2.05. The number of carboxylic acids is 1. The highest BCUT2D eigenvalue weighted by Gasteiger charge is 2.35. The van der Waals surface area contributed by atoms with Gasteiger partial charge in [0.05, 0.1) is 23.9 Å². The summed E-state index contributed by atoms with van der Waals surface area (Å²) in [4.78, 5) is 13.3. The van der Waals surface area contributed by atoms with Crippen molar-refractivity contribution in [3.05, 3.63) is 29.3 Å². The second-order valence-electron chi connectivity index (χ2n) is 2.72. The van der Waals surface area contributed by atoms with Gasteiger partial charge in [-0.1, -0.05) is 0 Å². The van der Waals surface area contributed by atoms with E-state index in [9.17, 15) is 22.4 Å². The van der Waals surface area contributed by atoms with Crippen molar-refractivity contribution in [1.29, 1.82) is 0 Å². The van der Waals surface area contributed by atoms with Gasteiger partial charge in [0.2, 0.25) is 0 Å². The number of carbonyl (C=O) groups is 1. The van der Waals surface area contributed by atoms with Crippen LogP contribution in [0.5, 0.6) is 0 Å². The highest BCUT2D eigenvalue weighted by molar-refractivity contribution is 5.70. The molecule has 0 unspecified atom stereocenters. The van der Waals surface area contributed by atoms with Crippen LogP contribution in [0.1, 0.15) is 11.3 Å². The van der Waals surface area contributed by atoms with E-state index < -0.39 is 35.6 Å². The summed E-state index contributed by atoms with van der Waals surface area (Å²) >= 11 is 0. The second-order valence-corrected chi connectivity index (χ2v) is 2.72. The molecule has 0 spiro atoms. The Morgan fingerprint density at radius 1 is 1.47 bits per heavy atom. The molecule has 0 bridgehead atoms. The predicted molar refractivity (Wildman–Crippen MR) is 40.5 cm³/mol. The Hall–Kier alpha value is -1.66. The van der Waals surface area contributed by atoms with E-state index in [-0.39, 0.29) is 6.07 Å². The van der Waals surface area contributed by atoms with Crippen LogP contribution in [0.3, 0.4) is 0 Å². The first-order chi connectivity index (χ1) is 6.80. The maximum Gasteiger partial charge on any atom is 0.418 e. The Kier molecular flexibility index (Phi) is 2.92. The normalized spacial score (nSPS) is 11.5. The molecule has 1 aromatic heterocycles. The minimum atomic E-state index is -4.81. The molecule has 3 nitrogen and oxygen atoms in total. The lowest BCUT2D eigenvalue weighted by molar-refractivity contribution is -0.140. The lowest BCUT2D eigenvalue weighted by Gasteiger charge is -2.10. The summed E-state index contributed by atoms with van der Waals surface area (Å²) in [6, 6.07) is 0.227. The molecule has 0 aromatic carbocycles. The van der Waals surface area contributed by atoms with Gasteiger partial charge < -0.3 is 5.11 Å². The van der Waals surface area contributed by atoms with Gasteiger partial charge in [-0.25, -0.2) is 4.39 Å². The average molecular weight is 223 g/mol. The lowest BCUT2D eigenvalue weighted by Crippen LogP contribution is -2.14. The van der Waals surface area contributed by atoms with Gasteiger partial charge in [-0.2, -0.15) is 13.2 Å². The van der Waals surface area contributed by atoms with Crippen molar-refractivity contribution in [2.45, 2.75) is 12.6 Å². The lowest BCUT2D eigenvalue weighted by atomic mass is 10.1. The van der Waals surface area contributed by atoms with Crippen molar-refractivity contribution in [3.63, 3.8) is 0 Å². The Morgan fingerprint density at radius 2 is 2.07 bits per heavy atom. The number of hydrogen-bond donors (Lipinski definition) is 1. The molecular weight excluding hydrogens is 218 g/mol. The highest BCUT2D eigenvalue weighted by Crippen LogP contribution is 2.31. The van der Waals surface area contributed by atoms with Crippen LogP contribution in [0.25, 0.3) is 0 Å². The van der Waals surface area contributed by atoms with Crippen LogP contribution in [-0.4, -0.2) is 16.1 Å². The standard InChI is InChI=1S/C8H5F4NO2/c9-4-1-5(8(10,11)12)6(13-3-4)2-7(14)15/h1,3H,2H2,(H,14,15). The first kappa shape index (κ1) is 11.4. The molecule has 0 aliphatic heterocycles. The van der Waals surface area contributed by atoms with Crippen molar-refractivity contribution < 1.29 is 27.5 Å². The van der Waals surface area contributed by atoms with Crippen molar-refractivity contribution in [2.24, 2.45) is 0 Å². The maximum atomic E-state index is 12.5. The van der Waals surface area contributed by atoms with Crippen LogP contribution in [0.15, 0.2) is 12.3 Å². The molecule has 0 saturated heterocycles. The number of hydrogen-bond acceptors (Lipinski definition) is 2. The first-order valence-corrected chi connectivity index (χ1v) is 3.74. The smallest absolute Gasteiger partial charge is 0.418 e. The van der Waals surface area contributed by atoms with Crippen LogP contribution in [0.4, 0.5) is 17.6 Å². The van der Waals surface area contributed by atoms with Gasteiger partial charge in [-0.3, -0.25) is 9.78 Å². The molecule has 0 aliphatic carbocycles. The molecule has 1 N–H and O–H groups in total. The summed E-state index contributed by atoms with van der Waals surface area (Å²) in [6.45, 7) is 0. The third kappa shape index (κ3) is 2.90. The third-order valence-electron chi connectivity index (χ3n) is 1.56. The molecule has 82 valence electrons. The molecule has 0 amide bonds. The van der Waals surface area contributed by atoms with Gasteiger partial charge in [-0.05, 0) is 6.07 Å². The fourth-order valence-electron chi connectivity index (χ4n) is 0.997. The second kappa shape index (κ2) is 3.84. The van der Waals surface area contributed by atoms with E-state index in [1.165, 1.54) is 0 Å². The third-order valence-corrected chi connectivity index (χ3v) is 1.56. The SMILES string of the molecule is O=C(O)Cc1ncc(F)cc1C(F)(F)F. The van der Waals surface area contributed by atoms with E-state index in [4.69, 9.17) is 5.11 Å². The first-order valence-electron chi connectivity index (χ1n) is 3.74. The van der Waals surface area contributed by atoms with Gasteiger partial charge >= 0.3 is 12.1 Å². The molecule has 15 heavy (non-hydrogen) atoms. The molecule has 0 fully saturated rings. The van der Waals surface area contributed by atoms with Gasteiger partial charge in [0.25, 0.3) is 0 Å². The van der Waals surface area contributed by atoms with Gasteiger partial charge in [0.1, 0.15) is 5.82 Å². The molecule has 1 aromatic rings. The van der Waals surface area contributed by atoms with Crippen molar-refractivity contribution in [3.8, 4) is 0 Å². The number of aromatic nitrogens is 1. The number of aliphatic carboxylic acids is 1. The molecular formula is C8H5F4NO2. The van der Waals surface area contributed by atoms with E-state index >= 15 is 0 Å². The maximum absolute atomic E-state index is 12.5. The minimum absolute atomic E-state index is 0.227. The Balaban J connectivity index is 3.20. The molecule has 7 heteroatoms. The molecule has 0 atom stereocenters. The monoisotopic (exact) mass is 223 g/mol. The zero-order valence-electron chi connectivity index (χ0n) is 7.18. The van der Waals surface area contributed by atoms with E-state index in [1.807, 2.05) is 0 Å². The fourth-order valence-corrected chi connectivity index (χ4v) is 0.997. The summed E-state index contributed by atoms with van der Waals surface area (Å²) in [5, 5.41) is 8.33. The number of alkyl halides is 3. The van der Waals surface area contributed by atoms with E-state index in [0.29, 0.717) is 6.20 Å². The minimum Gasteiger partial charge on any atom is -0.481 e. The van der Waals surface area contributed by atoms with Crippen molar-refractivity contribution in [2.75, 3.05) is 0 Å². The molecule has 1 heterocycles. The van der Waals surface area contributed by atoms with E-state index in [0.717, 1.165) is 0 Å². The summed E-state index contributed by atoms with van der Waals surface area (Å²) in [7, 11) is 0. The Bertz CT molecular complexity index is 389. The van der Waals surface area contributed by atoms with Gasteiger partial charge in [0.15, 0.2) is 0 Å². The van der Waals surface area contributed by atoms with Gasteiger partial charge in [-0.15, -0.1) is 0 Å². The number of halogens is 4. The summed E-state index contributed by atoms with van der Waals surface area (Å²) in [5.74, 6) is -2.61. The van der Waals surface area contributed by atoms with Crippen LogP contribution in [0, 0.1) is 5.82 Å². The molecule has 0 radical (unpaired) electrons. The number of rotatable bonds is 2. The van der Waals surface area contributed by atoms with Crippen LogP contribution in [0.2, 0.25) is 0 Å². The van der Waals surface area contributed by atoms with Crippen molar-refractivity contribution >= 4 is 5.97 Å².